The summed E-state index contributed by atoms with van der Waals surface area (Å²) < 4.78 is 0.274. The van der Waals surface area contributed by atoms with Gasteiger partial charge in [0.05, 0.1) is 4.08 Å². The maximum atomic E-state index is 11.6. The molecule has 15 heavy (non-hydrogen) atoms. The van der Waals surface area contributed by atoms with Gasteiger partial charge in [0.1, 0.15) is 13.3 Å². The number of carbonyl (C=O) groups excluding carboxylic acids is 1. The van der Waals surface area contributed by atoms with Crippen molar-refractivity contribution in [2.24, 2.45) is 5.16 Å². The second-order valence-electron chi connectivity index (χ2n) is 3.53. The van der Waals surface area contributed by atoms with Gasteiger partial charge in [0.25, 0.3) is 5.91 Å². The lowest BCUT2D eigenvalue weighted by molar-refractivity contribution is -0.122. The van der Waals surface area contributed by atoms with Gasteiger partial charge in [0.15, 0.2) is 0 Å². The predicted octanol–water partition coefficient (Wildman–Crippen LogP) is 1.03. The van der Waals surface area contributed by atoms with E-state index in [1.165, 1.54) is 24.8 Å². The summed E-state index contributed by atoms with van der Waals surface area (Å²) in [6.07, 6.45) is 2.35. The molecule has 1 amide bonds. The summed E-state index contributed by atoms with van der Waals surface area (Å²) in [5.41, 5.74) is 0. The van der Waals surface area contributed by atoms with Crippen LogP contribution in [0.1, 0.15) is 6.42 Å². The molecule has 4 nitrogen and oxygen atoms in total. The average molecular weight is 246 g/mol. The number of hydrogen-bond acceptors (Lipinski definition) is 5. The van der Waals surface area contributed by atoms with Gasteiger partial charge in [-0.25, -0.2) is 0 Å². The highest BCUT2D eigenvalue weighted by Gasteiger charge is 2.43. The zero-order valence-corrected chi connectivity index (χ0v) is 10.3. The molecule has 2 aliphatic rings. The fraction of sp³-hybridized carbons (Fsp3) is 0.778. The van der Waals surface area contributed by atoms with Crippen LogP contribution in [-0.2, 0) is 9.63 Å². The van der Waals surface area contributed by atoms with Gasteiger partial charge in [-0.15, -0.1) is 23.5 Å². The van der Waals surface area contributed by atoms with Gasteiger partial charge in [-0.2, -0.15) is 0 Å². The molecule has 0 unspecified atom stereocenters. The Balaban J connectivity index is 1.91. The van der Waals surface area contributed by atoms with E-state index in [9.17, 15) is 4.79 Å². The van der Waals surface area contributed by atoms with Gasteiger partial charge in [-0.3, -0.25) is 4.79 Å². The summed E-state index contributed by atoms with van der Waals surface area (Å²) in [6, 6.07) is 0. The lowest BCUT2D eigenvalue weighted by atomic mass is 10.4. The van der Waals surface area contributed by atoms with Crippen molar-refractivity contribution < 1.29 is 9.63 Å². The lowest BCUT2D eigenvalue weighted by Crippen LogP contribution is -2.32. The molecule has 0 aliphatic carbocycles. The fourth-order valence-corrected chi connectivity index (χ4v) is 5.06. The Hall–Kier alpha value is -0.360. The van der Waals surface area contributed by atoms with E-state index in [0.29, 0.717) is 0 Å². The van der Waals surface area contributed by atoms with Crippen molar-refractivity contribution in [2.75, 3.05) is 31.7 Å². The van der Waals surface area contributed by atoms with Crippen LogP contribution in [0.3, 0.4) is 0 Å². The normalized spacial score (nSPS) is 24.2. The Labute approximate surface area is 97.8 Å². The monoisotopic (exact) mass is 246 g/mol. The SMILES string of the molecule is CO/N=C/C(=O)N1CCC2(C1)SCCS2. The van der Waals surface area contributed by atoms with Crippen molar-refractivity contribution in [3.8, 4) is 0 Å². The molecule has 0 aromatic heterocycles. The van der Waals surface area contributed by atoms with E-state index < -0.39 is 0 Å². The lowest BCUT2D eigenvalue weighted by Gasteiger charge is -2.20. The number of hydrogen-bond donors (Lipinski definition) is 0. The third-order valence-corrected chi connectivity index (χ3v) is 6.09. The van der Waals surface area contributed by atoms with Crippen molar-refractivity contribution in [3.63, 3.8) is 0 Å². The third-order valence-electron chi connectivity index (χ3n) is 2.59. The molecule has 0 saturated carbocycles. The van der Waals surface area contributed by atoms with Gasteiger partial charge >= 0.3 is 0 Å². The fourth-order valence-electron chi connectivity index (χ4n) is 1.85. The van der Waals surface area contributed by atoms with Crippen LogP contribution in [0, 0.1) is 0 Å². The molecular formula is C9H14N2O2S2. The van der Waals surface area contributed by atoms with E-state index in [1.807, 2.05) is 28.4 Å². The van der Waals surface area contributed by atoms with Gasteiger partial charge in [0, 0.05) is 24.6 Å². The quantitative estimate of drug-likeness (QED) is 0.539. The Morgan fingerprint density at radius 1 is 1.53 bits per heavy atom. The standard InChI is InChI=1S/C9H14N2O2S2/c1-13-10-6-8(12)11-3-2-9(7-11)14-4-5-15-9/h6H,2-5,7H2,1H3/b10-6+. The van der Waals surface area contributed by atoms with E-state index in [4.69, 9.17) is 0 Å². The van der Waals surface area contributed by atoms with Gasteiger partial charge < -0.3 is 9.74 Å². The molecule has 2 fully saturated rings. The van der Waals surface area contributed by atoms with Crippen LogP contribution in [0.4, 0.5) is 0 Å². The molecule has 84 valence electrons. The summed E-state index contributed by atoms with van der Waals surface area (Å²) in [5, 5.41) is 3.50. The smallest absolute Gasteiger partial charge is 0.268 e. The topological polar surface area (TPSA) is 41.9 Å². The summed E-state index contributed by atoms with van der Waals surface area (Å²) in [7, 11) is 1.44. The van der Waals surface area contributed by atoms with Gasteiger partial charge in [-0.1, -0.05) is 5.16 Å². The van der Waals surface area contributed by atoms with E-state index in [0.717, 1.165) is 19.5 Å². The minimum Gasteiger partial charge on any atom is -0.399 e. The van der Waals surface area contributed by atoms with Crippen LogP contribution in [0.15, 0.2) is 5.16 Å². The molecule has 2 heterocycles. The average Bonchev–Trinajstić information content (AvgIpc) is 2.86. The molecule has 2 aliphatic heterocycles. The van der Waals surface area contributed by atoms with Crippen LogP contribution in [0.2, 0.25) is 0 Å². The zero-order valence-electron chi connectivity index (χ0n) is 8.64. The Kier molecular flexibility index (Phi) is 3.45. The highest BCUT2D eigenvalue weighted by Crippen LogP contribution is 2.49. The van der Waals surface area contributed by atoms with Gasteiger partial charge in [0.2, 0.25) is 0 Å². The maximum Gasteiger partial charge on any atom is 0.268 e. The second-order valence-corrected chi connectivity index (χ2v) is 6.75. The number of carbonyl (C=O) groups is 1. The highest BCUT2D eigenvalue weighted by molar-refractivity contribution is 8.21. The first-order valence-corrected chi connectivity index (χ1v) is 6.86. The minimum absolute atomic E-state index is 0.0400. The summed E-state index contributed by atoms with van der Waals surface area (Å²) in [5.74, 6) is 2.37. The van der Waals surface area contributed by atoms with Crippen LogP contribution in [0.5, 0.6) is 0 Å². The Morgan fingerprint density at radius 2 is 2.27 bits per heavy atom. The largest absolute Gasteiger partial charge is 0.399 e. The second kappa shape index (κ2) is 4.65. The molecule has 0 bridgehead atoms. The number of oxime groups is 1. The summed E-state index contributed by atoms with van der Waals surface area (Å²) in [4.78, 5) is 18.0. The maximum absolute atomic E-state index is 11.6. The van der Waals surface area contributed by atoms with E-state index >= 15 is 0 Å². The zero-order chi connectivity index (χ0) is 10.7. The van der Waals surface area contributed by atoms with E-state index in [-0.39, 0.29) is 9.99 Å². The predicted molar refractivity (Wildman–Crippen MR) is 64.3 cm³/mol. The molecule has 1 spiro atoms. The molecule has 0 radical (unpaired) electrons. The molecule has 2 saturated heterocycles. The van der Waals surface area contributed by atoms with Crippen LogP contribution in [0.25, 0.3) is 0 Å². The first kappa shape index (κ1) is 11.1. The van der Waals surface area contributed by atoms with Crippen LogP contribution in [-0.4, -0.2) is 52.8 Å². The van der Waals surface area contributed by atoms with E-state index in [2.05, 4.69) is 9.99 Å². The van der Waals surface area contributed by atoms with Crippen molar-refractivity contribution in [1.82, 2.24) is 4.90 Å². The number of thioether (sulfide) groups is 2. The minimum atomic E-state index is -0.0400. The number of likely N-dealkylation sites (tertiary alicyclic amines) is 1. The Bertz CT molecular complexity index is 277. The number of nitrogens with zero attached hydrogens (tertiary/aromatic N) is 2. The van der Waals surface area contributed by atoms with Crippen molar-refractivity contribution in [2.45, 2.75) is 10.5 Å². The molecule has 2 rings (SSSR count). The Morgan fingerprint density at radius 3 is 2.93 bits per heavy atom. The highest BCUT2D eigenvalue weighted by atomic mass is 32.2. The van der Waals surface area contributed by atoms with Crippen molar-refractivity contribution in [1.29, 1.82) is 0 Å². The molecule has 0 aromatic rings. The third kappa shape index (κ3) is 2.42. The van der Waals surface area contributed by atoms with Crippen molar-refractivity contribution >= 4 is 35.6 Å². The molecule has 0 atom stereocenters. The molecular weight excluding hydrogens is 232 g/mol. The first-order chi connectivity index (χ1) is 7.26. The first-order valence-electron chi connectivity index (χ1n) is 4.89. The summed E-state index contributed by atoms with van der Waals surface area (Å²) >= 11 is 3.98. The molecule has 0 N–H and O–H groups in total. The van der Waals surface area contributed by atoms with Crippen LogP contribution < -0.4 is 0 Å². The number of amides is 1. The summed E-state index contributed by atoms with van der Waals surface area (Å²) in [6.45, 7) is 1.69. The van der Waals surface area contributed by atoms with Gasteiger partial charge in [-0.05, 0) is 6.42 Å². The molecule has 6 heteroatoms. The van der Waals surface area contributed by atoms with E-state index in [1.54, 1.807) is 0 Å². The number of rotatable bonds is 2. The van der Waals surface area contributed by atoms with Crippen molar-refractivity contribution in [3.05, 3.63) is 0 Å². The van der Waals surface area contributed by atoms with Crippen LogP contribution >= 0.6 is 23.5 Å². The molecule has 0 aromatic carbocycles.